The molecule has 1 aliphatic rings. The molecular weight excluding hydrogens is 346 g/mol. The van der Waals surface area contributed by atoms with Gasteiger partial charge in [-0.05, 0) is 74.2 Å². The molecule has 0 saturated carbocycles. The summed E-state index contributed by atoms with van der Waals surface area (Å²) in [5.41, 5.74) is 5.14. The highest BCUT2D eigenvalue weighted by Crippen LogP contribution is 2.30. The van der Waals surface area contributed by atoms with Crippen LogP contribution in [0.4, 0.5) is 0 Å². The third-order valence-corrected chi connectivity index (χ3v) is 5.96. The van der Waals surface area contributed by atoms with Gasteiger partial charge in [0.1, 0.15) is 0 Å². The Hall–Kier alpha value is -2.61. The summed E-state index contributed by atoms with van der Waals surface area (Å²) in [7, 11) is 0. The van der Waals surface area contributed by atoms with Crippen LogP contribution in [-0.2, 0) is 12.0 Å². The topological polar surface area (TPSA) is 63.0 Å². The van der Waals surface area contributed by atoms with E-state index in [0.717, 1.165) is 48.1 Å². The molecule has 0 spiro atoms. The van der Waals surface area contributed by atoms with Gasteiger partial charge in [-0.3, -0.25) is 4.90 Å². The van der Waals surface area contributed by atoms with Crippen LogP contribution in [-0.4, -0.2) is 34.2 Å². The van der Waals surface area contributed by atoms with Gasteiger partial charge in [-0.1, -0.05) is 24.3 Å². The van der Waals surface area contributed by atoms with Gasteiger partial charge in [-0.2, -0.15) is 5.26 Å². The molecule has 1 aromatic heterocycles. The van der Waals surface area contributed by atoms with Gasteiger partial charge in [-0.15, -0.1) is 0 Å². The van der Waals surface area contributed by atoms with Crippen LogP contribution >= 0.6 is 0 Å². The number of likely N-dealkylation sites (tertiary alicyclic amines) is 1. The van der Waals surface area contributed by atoms with Crippen LogP contribution in [0.3, 0.4) is 0 Å². The zero-order chi connectivity index (χ0) is 19.7. The van der Waals surface area contributed by atoms with Crippen LogP contribution in [0.1, 0.15) is 37.9 Å². The lowest BCUT2D eigenvalue weighted by Gasteiger charge is -2.21. The Bertz CT molecular complexity index is 1030. The van der Waals surface area contributed by atoms with E-state index in [0.29, 0.717) is 0 Å². The van der Waals surface area contributed by atoms with E-state index in [2.05, 4.69) is 52.4 Å². The normalized spacial score (nSPS) is 17.9. The molecule has 0 bridgehead atoms. The maximum absolute atomic E-state index is 9.54. The number of benzene rings is 2. The van der Waals surface area contributed by atoms with Gasteiger partial charge in [0.05, 0.1) is 18.1 Å². The third-order valence-electron chi connectivity index (χ3n) is 5.96. The van der Waals surface area contributed by atoms with E-state index >= 15 is 0 Å². The first kappa shape index (κ1) is 18.7. The molecule has 0 unspecified atom stereocenters. The minimum absolute atomic E-state index is 0.236. The summed E-state index contributed by atoms with van der Waals surface area (Å²) < 4.78 is 0. The molecule has 1 fully saturated rings. The van der Waals surface area contributed by atoms with Crippen LogP contribution in [0.15, 0.2) is 48.5 Å². The molecule has 4 heteroatoms. The van der Waals surface area contributed by atoms with Gasteiger partial charge in [0, 0.05) is 29.2 Å². The summed E-state index contributed by atoms with van der Waals surface area (Å²) in [6.07, 6.45) is 2.24. The van der Waals surface area contributed by atoms with Gasteiger partial charge < -0.3 is 10.1 Å². The van der Waals surface area contributed by atoms with Gasteiger partial charge in [0.15, 0.2) is 0 Å². The second-order valence-electron chi connectivity index (χ2n) is 8.36. The molecule has 1 saturated heterocycles. The van der Waals surface area contributed by atoms with Crippen molar-refractivity contribution in [2.45, 2.75) is 44.7 Å². The van der Waals surface area contributed by atoms with E-state index < -0.39 is 5.41 Å². The van der Waals surface area contributed by atoms with E-state index in [1.807, 2.05) is 26.0 Å². The number of nitriles is 1. The van der Waals surface area contributed by atoms with Crippen LogP contribution in [0.5, 0.6) is 0 Å². The van der Waals surface area contributed by atoms with Crippen molar-refractivity contribution in [3.63, 3.8) is 0 Å². The monoisotopic (exact) mass is 373 g/mol. The van der Waals surface area contributed by atoms with Crippen LogP contribution < -0.4 is 0 Å². The number of H-pyrrole nitrogens is 1. The molecule has 4 rings (SSSR count). The van der Waals surface area contributed by atoms with Gasteiger partial charge >= 0.3 is 0 Å². The summed E-state index contributed by atoms with van der Waals surface area (Å²) in [6.45, 7) is 6.03. The Balaban J connectivity index is 1.62. The highest BCUT2D eigenvalue weighted by atomic mass is 16.3. The number of hydrogen-bond donors (Lipinski definition) is 2. The molecule has 0 radical (unpaired) electrons. The largest absolute Gasteiger partial charge is 0.395 e. The number of aliphatic hydroxyl groups is 1. The van der Waals surface area contributed by atoms with Crippen molar-refractivity contribution < 1.29 is 5.11 Å². The molecule has 1 aliphatic heterocycles. The molecule has 28 heavy (non-hydrogen) atoms. The lowest BCUT2D eigenvalue weighted by molar-refractivity contribution is 0.152. The van der Waals surface area contributed by atoms with Crippen LogP contribution in [0.2, 0.25) is 0 Å². The number of nitrogens with one attached hydrogen (secondary N) is 1. The molecule has 3 aromatic rings. The summed E-state index contributed by atoms with van der Waals surface area (Å²) in [6, 6.07) is 19.6. The summed E-state index contributed by atoms with van der Waals surface area (Å²) in [5, 5.41) is 20.2. The fourth-order valence-electron chi connectivity index (χ4n) is 4.14. The van der Waals surface area contributed by atoms with E-state index in [1.165, 1.54) is 11.1 Å². The fourth-order valence-corrected chi connectivity index (χ4v) is 4.14. The van der Waals surface area contributed by atoms with Crippen molar-refractivity contribution in [2.75, 3.05) is 13.2 Å². The second kappa shape index (κ2) is 7.43. The molecule has 2 aromatic carbocycles. The van der Waals surface area contributed by atoms with E-state index in [4.69, 9.17) is 0 Å². The molecule has 4 nitrogen and oxygen atoms in total. The third kappa shape index (κ3) is 3.56. The van der Waals surface area contributed by atoms with E-state index in [9.17, 15) is 10.4 Å². The first-order valence-electron chi connectivity index (χ1n) is 9.99. The SMILES string of the molecule is CC(C)(C#N)c1cccc(-c2ccc3[nH]c(CN4CCC[C@@H]4CO)cc3c2)c1. The average molecular weight is 374 g/mol. The van der Waals surface area contributed by atoms with Crippen LogP contribution in [0, 0.1) is 11.3 Å². The molecule has 1 atom stereocenters. The summed E-state index contributed by atoms with van der Waals surface area (Å²) in [5.74, 6) is 0. The van der Waals surface area contributed by atoms with E-state index in [1.54, 1.807) is 0 Å². The Kier molecular flexibility index (Phi) is 4.97. The van der Waals surface area contributed by atoms with E-state index in [-0.39, 0.29) is 12.6 Å². The lowest BCUT2D eigenvalue weighted by Crippen LogP contribution is -2.31. The molecule has 0 aliphatic carbocycles. The quantitative estimate of drug-likeness (QED) is 0.687. The lowest BCUT2D eigenvalue weighted by atomic mass is 9.85. The minimum atomic E-state index is -0.500. The summed E-state index contributed by atoms with van der Waals surface area (Å²) in [4.78, 5) is 5.88. The van der Waals surface area contributed by atoms with Gasteiger partial charge in [0.25, 0.3) is 0 Å². The van der Waals surface area contributed by atoms with Gasteiger partial charge in [0.2, 0.25) is 0 Å². The first-order chi connectivity index (χ1) is 13.5. The van der Waals surface area contributed by atoms with Crippen LogP contribution in [0.25, 0.3) is 22.0 Å². The number of aliphatic hydroxyl groups excluding tert-OH is 1. The molecule has 0 amide bonds. The first-order valence-corrected chi connectivity index (χ1v) is 9.99. The fraction of sp³-hybridized carbons (Fsp3) is 0.375. The zero-order valence-corrected chi connectivity index (χ0v) is 16.6. The molecule has 2 heterocycles. The number of fused-ring (bicyclic) bond motifs is 1. The predicted molar refractivity (Wildman–Crippen MR) is 113 cm³/mol. The number of rotatable bonds is 5. The Morgan fingerprint density at radius 1 is 1.18 bits per heavy atom. The molecule has 144 valence electrons. The van der Waals surface area contributed by atoms with Crippen molar-refractivity contribution in [3.05, 3.63) is 59.8 Å². The van der Waals surface area contributed by atoms with Crippen molar-refractivity contribution in [3.8, 4) is 17.2 Å². The minimum Gasteiger partial charge on any atom is -0.395 e. The highest BCUT2D eigenvalue weighted by Gasteiger charge is 2.24. The smallest absolute Gasteiger partial charge is 0.0766 e. The van der Waals surface area contributed by atoms with Crippen molar-refractivity contribution >= 4 is 10.9 Å². The maximum atomic E-state index is 9.54. The average Bonchev–Trinajstić information content (AvgIpc) is 3.33. The van der Waals surface area contributed by atoms with Gasteiger partial charge in [-0.25, -0.2) is 0 Å². The highest BCUT2D eigenvalue weighted by molar-refractivity contribution is 5.86. The molecule has 2 N–H and O–H groups in total. The Morgan fingerprint density at radius 2 is 2.00 bits per heavy atom. The number of aromatic nitrogens is 1. The predicted octanol–water partition coefficient (Wildman–Crippen LogP) is 4.59. The maximum Gasteiger partial charge on any atom is 0.0766 e. The van der Waals surface area contributed by atoms with Crippen molar-refractivity contribution in [2.24, 2.45) is 0 Å². The number of aromatic amines is 1. The van der Waals surface area contributed by atoms with Crippen molar-refractivity contribution in [1.82, 2.24) is 9.88 Å². The Labute approximate surface area is 166 Å². The standard InChI is InChI=1S/C24H27N3O/c1-24(2,16-25)20-6-3-5-17(12-20)18-8-9-23-19(11-18)13-21(26-23)14-27-10-4-7-22(27)15-28/h3,5-6,8-9,11-13,22,26,28H,4,7,10,14-15H2,1-2H3/t22-/m1/s1. The zero-order valence-electron chi connectivity index (χ0n) is 16.6. The van der Waals surface area contributed by atoms with Crippen molar-refractivity contribution in [1.29, 1.82) is 5.26 Å². The number of nitrogens with zero attached hydrogens (tertiary/aromatic N) is 2. The molecular formula is C24H27N3O. The Morgan fingerprint density at radius 3 is 2.79 bits per heavy atom. The number of hydrogen-bond acceptors (Lipinski definition) is 3. The second-order valence-corrected chi connectivity index (χ2v) is 8.36. The summed E-state index contributed by atoms with van der Waals surface area (Å²) >= 11 is 0.